The summed E-state index contributed by atoms with van der Waals surface area (Å²) in [5.74, 6) is 0. The molecular weight excluding hydrogens is 426 g/mol. The standard InChI is InChI=1S/C32H19N3/c1-2-6-22-18(5-1)11-19-14-24-20(13-23(19)22)12-21-15-26-27(16-25(21)24)32-34-29-7-3-4-8-31(29)35(32)30-9-10-33-17-28(26)30/h1-10,13-17H,11-12H2. The van der Waals surface area contributed by atoms with Crippen LogP contribution >= 0.6 is 0 Å². The molecule has 0 unspecified atom stereocenters. The Morgan fingerprint density at radius 2 is 1.31 bits per heavy atom. The third-order valence-corrected chi connectivity index (χ3v) is 8.06. The molecule has 0 saturated heterocycles. The van der Waals surface area contributed by atoms with E-state index >= 15 is 0 Å². The van der Waals surface area contributed by atoms with Crippen LogP contribution in [0.3, 0.4) is 0 Å². The van der Waals surface area contributed by atoms with Crippen LogP contribution in [0.15, 0.2) is 91.3 Å². The molecule has 0 amide bonds. The van der Waals surface area contributed by atoms with Gasteiger partial charge in [-0.15, -0.1) is 0 Å². The summed E-state index contributed by atoms with van der Waals surface area (Å²) in [4.78, 5) is 9.60. The number of aromatic nitrogens is 3. The highest BCUT2D eigenvalue weighted by Crippen LogP contribution is 2.46. The van der Waals surface area contributed by atoms with Crippen LogP contribution in [0.1, 0.15) is 22.3 Å². The van der Waals surface area contributed by atoms with Gasteiger partial charge in [0.1, 0.15) is 5.65 Å². The molecule has 162 valence electrons. The summed E-state index contributed by atoms with van der Waals surface area (Å²) in [6.45, 7) is 0. The molecule has 0 bridgehead atoms. The molecule has 35 heavy (non-hydrogen) atoms. The molecule has 3 heterocycles. The Bertz CT molecular complexity index is 2060. The lowest BCUT2D eigenvalue weighted by molar-refractivity contribution is 1.24. The number of benzene rings is 4. The number of hydrogen-bond acceptors (Lipinski definition) is 2. The minimum atomic E-state index is 0.972. The highest BCUT2D eigenvalue weighted by atomic mass is 15.0. The van der Waals surface area contributed by atoms with Gasteiger partial charge in [0.05, 0.1) is 16.6 Å². The first-order valence-corrected chi connectivity index (χ1v) is 12.2. The Balaban J connectivity index is 1.37. The van der Waals surface area contributed by atoms with Crippen LogP contribution in [0.25, 0.3) is 60.6 Å². The van der Waals surface area contributed by atoms with Crippen molar-refractivity contribution in [1.82, 2.24) is 14.4 Å². The van der Waals surface area contributed by atoms with E-state index in [9.17, 15) is 0 Å². The van der Waals surface area contributed by atoms with Crippen LogP contribution in [-0.2, 0) is 12.8 Å². The van der Waals surface area contributed by atoms with Crippen molar-refractivity contribution in [2.24, 2.45) is 0 Å². The van der Waals surface area contributed by atoms with Gasteiger partial charge in [0.2, 0.25) is 0 Å². The molecule has 0 radical (unpaired) electrons. The zero-order chi connectivity index (χ0) is 22.7. The van der Waals surface area contributed by atoms with Gasteiger partial charge in [0, 0.05) is 23.2 Å². The lowest BCUT2D eigenvalue weighted by Gasteiger charge is -2.11. The van der Waals surface area contributed by atoms with E-state index in [1.807, 2.05) is 12.4 Å². The summed E-state index contributed by atoms with van der Waals surface area (Å²) in [5, 5.41) is 3.60. The Hall–Kier alpha value is -4.50. The van der Waals surface area contributed by atoms with Crippen LogP contribution in [0.5, 0.6) is 0 Å². The molecule has 0 fully saturated rings. The second-order valence-corrected chi connectivity index (χ2v) is 9.88. The molecule has 3 aromatic heterocycles. The molecule has 9 rings (SSSR count). The maximum Gasteiger partial charge on any atom is 0.146 e. The van der Waals surface area contributed by atoms with Gasteiger partial charge in [-0.25, -0.2) is 4.98 Å². The summed E-state index contributed by atoms with van der Waals surface area (Å²) in [7, 11) is 0. The van der Waals surface area contributed by atoms with E-state index < -0.39 is 0 Å². The first-order valence-electron chi connectivity index (χ1n) is 12.2. The quantitative estimate of drug-likeness (QED) is 0.229. The molecule has 7 aromatic rings. The molecule has 4 aromatic carbocycles. The van der Waals surface area contributed by atoms with Crippen LogP contribution in [-0.4, -0.2) is 14.4 Å². The normalized spacial score (nSPS) is 13.5. The van der Waals surface area contributed by atoms with Gasteiger partial charge in [0.25, 0.3) is 0 Å². The van der Waals surface area contributed by atoms with E-state index in [1.165, 1.54) is 60.7 Å². The molecule has 0 atom stereocenters. The van der Waals surface area contributed by atoms with E-state index in [0.717, 1.165) is 35.0 Å². The monoisotopic (exact) mass is 445 g/mol. The van der Waals surface area contributed by atoms with Crippen molar-refractivity contribution in [3.05, 3.63) is 114 Å². The Labute approximate surface area is 201 Å². The van der Waals surface area contributed by atoms with Crippen LogP contribution in [0.2, 0.25) is 0 Å². The lowest BCUT2D eigenvalue weighted by atomic mass is 9.96. The molecule has 2 aliphatic rings. The predicted octanol–water partition coefficient (Wildman–Crippen LogP) is 7.33. The smallest absolute Gasteiger partial charge is 0.146 e. The van der Waals surface area contributed by atoms with Crippen LogP contribution in [0, 0.1) is 0 Å². The van der Waals surface area contributed by atoms with Crippen molar-refractivity contribution in [2.45, 2.75) is 12.8 Å². The number of pyridine rings is 2. The van der Waals surface area contributed by atoms with Gasteiger partial charge in [-0.2, -0.15) is 0 Å². The fourth-order valence-electron chi connectivity index (χ4n) is 6.52. The van der Waals surface area contributed by atoms with E-state index in [1.54, 1.807) is 0 Å². The van der Waals surface area contributed by atoms with Gasteiger partial charge < -0.3 is 0 Å². The first-order chi connectivity index (χ1) is 17.3. The van der Waals surface area contributed by atoms with Crippen LogP contribution < -0.4 is 0 Å². The summed E-state index contributed by atoms with van der Waals surface area (Å²) >= 11 is 0. The Morgan fingerprint density at radius 3 is 2.26 bits per heavy atom. The van der Waals surface area contributed by atoms with Gasteiger partial charge in [-0.3, -0.25) is 9.38 Å². The van der Waals surface area contributed by atoms with Crippen molar-refractivity contribution in [1.29, 1.82) is 0 Å². The highest BCUT2D eigenvalue weighted by Gasteiger charge is 2.26. The highest BCUT2D eigenvalue weighted by molar-refractivity contribution is 6.15. The maximum absolute atomic E-state index is 5.10. The Morgan fingerprint density at radius 1 is 0.571 bits per heavy atom. The number of rotatable bonds is 0. The molecule has 0 aliphatic heterocycles. The van der Waals surface area contributed by atoms with Crippen molar-refractivity contribution < 1.29 is 0 Å². The summed E-state index contributed by atoms with van der Waals surface area (Å²) < 4.78 is 2.30. The minimum absolute atomic E-state index is 0.972. The molecule has 3 heteroatoms. The Kier molecular flexibility index (Phi) is 3.14. The molecule has 3 nitrogen and oxygen atoms in total. The summed E-state index contributed by atoms with van der Waals surface area (Å²) in [6.07, 6.45) is 5.88. The average molecular weight is 446 g/mol. The second kappa shape index (κ2) is 6.13. The maximum atomic E-state index is 5.10. The van der Waals surface area contributed by atoms with Gasteiger partial charge in [-0.1, -0.05) is 36.4 Å². The number of imidazole rings is 1. The van der Waals surface area contributed by atoms with Gasteiger partial charge >= 0.3 is 0 Å². The van der Waals surface area contributed by atoms with E-state index in [4.69, 9.17) is 4.98 Å². The number of nitrogens with zero attached hydrogens (tertiary/aromatic N) is 3. The fourth-order valence-corrected chi connectivity index (χ4v) is 6.52. The molecular formula is C32H19N3. The van der Waals surface area contributed by atoms with Crippen molar-refractivity contribution in [3.8, 4) is 22.3 Å². The number of fused-ring (bicyclic) bond motifs is 14. The fraction of sp³-hybridized carbons (Fsp3) is 0.0625. The van der Waals surface area contributed by atoms with Gasteiger partial charge in [-0.05, 0) is 105 Å². The number of hydrogen-bond donors (Lipinski definition) is 0. The van der Waals surface area contributed by atoms with Gasteiger partial charge in [0.15, 0.2) is 0 Å². The third kappa shape index (κ3) is 2.21. The minimum Gasteiger partial charge on any atom is -0.292 e. The SMILES string of the molecule is c1ccc2c(c1)Cc1cc3c(cc1-2)Cc1cc2c4cnccc4n4c5ccccc5nc4c2cc1-3. The number of para-hydroxylation sites is 2. The van der Waals surface area contributed by atoms with Crippen molar-refractivity contribution >= 4 is 38.4 Å². The van der Waals surface area contributed by atoms with E-state index in [2.05, 4.69) is 88.2 Å². The molecule has 0 saturated carbocycles. The van der Waals surface area contributed by atoms with Crippen molar-refractivity contribution in [2.75, 3.05) is 0 Å². The van der Waals surface area contributed by atoms with Crippen LogP contribution in [0.4, 0.5) is 0 Å². The first kappa shape index (κ1) is 17.9. The predicted molar refractivity (Wildman–Crippen MR) is 142 cm³/mol. The zero-order valence-corrected chi connectivity index (χ0v) is 18.9. The molecule has 0 spiro atoms. The van der Waals surface area contributed by atoms with Crippen molar-refractivity contribution in [3.63, 3.8) is 0 Å². The zero-order valence-electron chi connectivity index (χ0n) is 18.9. The summed E-state index contributed by atoms with van der Waals surface area (Å²) in [5.41, 5.74) is 15.6. The largest absolute Gasteiger partial charge is 0.292 e. The average Bonchev–Trinajstić information content (AvgIpc) is 3.57. The van der Waals surface area contributed by atoms with E-state index in [-0.39, 0.29) is 0 Å². The molecule has 0 N–H and O–H groups in total. The third-order valence-electron chi connectivity index (χ3n) is 8.06. The topological polar surface area (TPSA) is 30.2 Å². The second-order valence-electron chi connectivity index (χ2n) is 9.88. The molecule has 2 aliphatic carbocycles. The lowest BCUT2D eigenvalue weighted by Crippen LogP contribution is -1.93. The van der Waals surface area contributed by atoms with E-state index in [0.29, 0.717) is 0 Å². The summed E-state index contributed by atoms with van der Waals surface area (Å²) in [6, 6.07) is 29.0.